The second-order valence-corrected chi connectivity index (χ2v) is 8.72. The number of halogens is 2. The topological polar surface area (TPSA) is 42.4 Å². The molecule has 3 aromatic carbocycles. The van der Waals surface area contributed by atoms with Crippen molar-refractivity contribution in [3.8, 4) is 5.19 Å². The van der Waals surface area contributed by atoms with E-state index in [1.807, 2.05) is 35.2 Å². The lowest BCUT2D eigenvalue weighted by Gasteiger charge is -2.31. The van der Waals surface area contributed by atoms with Crippen molar-refractivity contribution in [2.24, 2.45) is 0 Å². The fourth-order valence-corrected chi connectivity index (χ4v) is 4.99. The maximum atomic E-state index is 13.9. The molecule has 1 saturated heterocycles. The summed E-state index contributed by atoms with van der Waals surface area (Å²) in [6.45, 7) is 1.20. The zero-order valence-corrected chi connectivity index (χ0v) is 17.5. The lowest BCUT2D eigenvalue weighted by molar-refractivity contribution is -0.132. The molecular weight excluding hydrogens is 418 g/mol. The monoisotopic (exact) mass is 438 g/mol. The Labute approximate surface area is 182 Å². The highest BCUT2D eigenvalue weighted by Crippen LogP contribution is 2.32. The van der Waals surface area contributed by atoms with Gasteiger partial charge in [-0.25, -0.2) is 8.78 Å². The van der Waals surface area contributed by atoms with E-state index < -0.39 is 11.6 Å². The number of rotatable bonds is 4. The molecule has 0 radical (unpaired) electrons. The Morgan fingerprint density at radius 3 is 2.71 bits per heavy atom. The fourth-order valence-electron chi connectivity index (χ4n) is 4.07. The predicted molar refractivity (Wildman–Crippen MR) is 117 cm³/mol. The first-order valence-electron chi connectivity index (χ1n) is 10.2. The lowest BCUT2D eigenvalue weighted by atomic mass is 10.0. The van der Waals surface area contributed by atoms with Gasteiger partial charge in [-0.05, 0) is 22.4 Å². The number of nitrogens with zero attached hydrogens (tertiary/aromatic N) is 2. The van der Waals surface area contributed by atoms with Crippen molar-refractivity contribution in [3.63, 3.8) is 0 Å². The van der Waals surface area contributed by atoms with Crippen LogP contribution in [0.4, 0.5) is 8.78 Å². The number of likely N-dealkylation sites (tertiary alicyclic amines) is 1. The van der Waals surface area contributed by atoms with Crippen molar-refractivity contribution < 1.29 is 18.3 Å². The zero-order valence-electron chi connectivity index (χ0n) is 16.7. The van der Waals surface area contributed by atoms with E-state index >= 15 is 0 Å². The molecule has 1 aromatic heterocycles. The molecule has 0 N–H and O–H groups in total. The van der Waals surface area contributed by atoms with Crippen molar-refractivity contribution in [2.75, 3.05) is 13.1 Å². The average Bonchev–Trinajstić information content (AvgIpc) is 3.17. The van der Waals surface area contributed by atoms with Crippen LogP contribution in [0.2, 0.25) is 0 Å². The van der Waals surface area contributed by atoms with Crippen molar-refractivity contribution in [3.05, 3.63) is 71.8 Å². The summed E-state index contributed by atoms with van der Waals surface area (Å²) in [5, 5.41) is 2.57. The van der Waals surface area contributed by atoms with Crippen molar-refractivity contribution >= 4 is 38.2 Å². The number of carbonyl (C=O) groups is 1. The average molecular weight is 438 g/mol. The molecule has 1 fully saturated rings. The van der Waals surface area contributed by atoms with Gasteiger partial charge in [0.25, 0.3) is 5.19 Å². The van der Waals surface area contributed by atoms with Crippen molar-refractivity contribution in [2.45, 2.75) is 25.4 Å². The quantitative estimate of drug-likeness (QED) is 0.432. The van der Waals surface area contributed by atoms with Crippen LogP contribution in [-0.2, 0) is 11.2 Å². The van der Waals surface area contributed by atoms with E-state index in [9.17, 15) is 13.6 Å². The lowest BCUT2D eigenvalue weighted by Crippen LogP contribution is -2.42. The standard InChI is InChI=1S/C24H20F2N2O2S/c25-17-13-20(26)23-21(14-17)31-24(27-23)30-18-8-10-28(11-9-18)22(29)12-16-6-3-5-15-4-1-2-7-19(15)16/h1-7,13-14,18H,8-12H2. The Morgan fingerprint density at radius 2 is 1.87 bits per heavy atom. The third kappa shape index (κ3) is 4.10. The Balaban J connectivity index is 1.21. The van der Waals surface area contributed by atoms with Crippen LogP contribution >= 0.6 is 11.3 Å². The Kier molecular flexibility index (Phi) is 5.28. The number of ether oxygens (including phenoxy) is 1. The number of fused-ring (bicyclic) bond motifs is 2. The van der Waals surface area contributed by atoms with Crippen molar-refractivity contribution in [1.82, 2.24) is 9.88 Å². The van der Waals surface area contributed by atoms with Crippen molar-refractivity contribution in [1.29, 1.82) is 0 Å². The van der Waals surface area contributed by atoms with E-state index in [0.717, 1.165) is 33.7 Å². The number of thiazole rings is 1. The van der Waals surface area contributed by atoms with Crippen LogP contribution < -0.4 is 4.74 Å². The molecule has 0 saturated carbocycles. The van der Waals surface area contributed by atoms with Crippen LogP contribution in [0.15, 0.2) is 54.6 Å². The summed E-state index contributed by atoms with van der Waals surface area (Å²) < 4.78 is 33.6. The molecule has 5 rings (SSSR count). The highest BCUT2D eigenvalue weighted by molar-refractivity contribution is 7.20. The Bertz CT molecular complexity index is 1260. The molecule has 0 spiro atoms. The van der Waals surface area contributed by atoms with Gasteiger partial charge in [0.2, 0.25) is 5.91 Å². The van der Waals surface area contributed by atoms with E-state index in [1.165, 1.54) is 6.07 Å². The first-order valence-corrected chi connectivity index (χ1v) is 11.0. The van der Waals surface area contributed by atoms with Gasteiger partial charge in [-0.3, -0.25) is 4.79 Å². The molecule has 0 aliphatic carbocycles. The molecule has 158 valence electrons. The molecule has 0 atom stereocenters. The van der Waals surface area contributed by atoms with Gasteiger partial charge in [0.05, 0.1) is 11.1 Å². The predicted octanol–water partition coefficient (Wildman–Crippen LogP) is 5.34. The Morgan fingerprint density at radius 1 is 1.10 bits per heavy atom. The van der Waals surface area contributed by atoms with Crippen LogP contribution in [0.25, 0.3) is 21.0 Å². The van der Waals surface area contributed by atoms with E-state index in [1.54, 1.807) is 0 Å². The van der Waals surface area contributed by atoms with Gasteiger partial charge in [0.1, 0.15) is 17.4 Å². The van der Waals surface area contributed by atoms with Gasteiger partial charge in [-0.2, -0.15) is 4.98 Å². The second-order valence-electron chi connectivity index (χ2n) is 7.73. The van der Waals surface area contributed by atoms with Gasteiger partial charge >= 0.3 is 0 Å². The van der Waals surface area contributed by atoms with Crippen LogP contribution in [-0.4, -0.2) is 35.0 Å². The molecule has 4 aromatic rings. The number of benzene rings is 3. The summed E-state index contributed by atoms with van der Waals surface area (Å²) >= 11 is 1.14. The highest BCUT2D eigenvalue weighted by Gasteiger charge is 2.25. The Hall–Kier alpha value is -3.06. The molecule has 31 heavy (non-hydrogen) atoms. The molecule has 1 aliphatic rings. The summed E-state index contributed by atoms with van der Waals surface area (Å²) in [6, 6.07) is 16.2. The van der Waals surface area contributed by atoms with Crippen LogP contribution in [0.1, 0.15) is 18.4 Å². The maximum Gasteiger partial charge on any atom is 0.274 e. The summed E-state index contributed by atoms with van der Waals surface area (Å²) in [5.74, 6) is -1.21. The number of carbonyl (C=O) groups excluding carboxylic acids is 1. The van der Waals surface area contributed by atoms with Gasteiger partial charge in [0, 0.05) is 32.0 Å². The molecule has 0 bridgehead atoms. The van der Waals surface area contributed by atoms with Gasteiger partial charge in [-0.1, -0.05) is 53.8 Å². The number of hydrogen-bond donors (Lipinski definition) is 0. The first kappa shape index (κ1) is 19.9. The van der Waals surface area contributed by atoms with Gasteiger partial charge < -0.3 is 9.64 Å². The minimum absolute atomic E-state index is 0.102. The molecule has 0 unspecified atom stereocenters. The molecule has 4 nitrogen and oxygen atoms in total. The fraction of sp³-hybridized carbons (Fsp3) is 0.250. The summed E-state index contributed by atoms with van der Waals surface area (Å²) in [6.07, 6.45) is 1.62. The van der Waals surface area contributed by atoms with E-state index in [4.69, 9.17) is 4.74 Å². The number of hydrogen-bond acceptors (Lipinski definition) is 4. The zero-order chi connectivity index (χ0) is 21.4. The van der Waals surface area contributed by atoms with Gasteiger partial charge in [0.15, 0.2) is 5.82 Å². The van der Waals surface area contributed by atoms with E-state index in [2.05, 4.69) is 17.1 Å². The van der Waals surface area contributed by atoms with E-state index in [-0.39, 0.29) is 17.5 Å². The smallest absolute Gasteiger partial charge is 0.274 e. The number of piperidine rings is 1. The summed E-state index contributed by atoms with van der Waals surface area (Å²) in [7, 11) is 0. The number of aromatic nitrogens is 1. The third-order valence-electron chi connectivity index (χ3n) is 5.68. The maximum absolute atomic E-state index is 13.9. The molecule has 1 aliphatic heterocycles. The largest absolute Gasteiger partial charge is 0.467 e. The summed E-state index contributed by atoms with van der Waals surface area (Å²) in [5.41, 5.74) is 1.16. The molecule has 2 heterocycles. The molecule has 1 amide bonds. The van der Waals surface area contributed by atoms with Crippen LogP contribution in [0.3, 0.4) is 0 Å². The first-order chi connectivity index (χ1) is 15.1. The SMILES string of the molecule is O=C(Cc1cccc2ccccc12)N1CCC(Oc2nc3c(F)cc(F)cc3s2)CC1. The minimum atomic E-state index is -0.685. The highest BCUT2D eigenvalue weighted by atomic mass is 32.1. The van der Waals surface area contributed by atoms with Crippen LogP contribution in [0.5, 0.6) is 5.19 Å². The molecular formula is C24H20F2N2O2S. The molecule has 7 heteroatoms. The third-order valence-corrected chi connectivity index (χ3v) is 6.57. The summed E-state index contributed by atoms with van der Waals surface area (Å²) in [4.78, 5) is 18.9. The normalized spacial score (nSPS) is 15.0. The van der Waals surface area contributed by atoms with E-state index in [0.29, 0.717) is 42.2 Å². The van der Waals surface area contributed by atoms with Gasteiger partial charge in [-0.15, -0.1) is 0 Å². The number of amides is 1. The second kappa shape index (κ2) is 8.23. The van der Waals surface area contributed by atoms with Crippen LogP contribution in [0, 0.1) is 11.6 Å². The minimum Gasteiger partial charge on any atom is -0.467 e.